The number of hydrogen-bond acceptors (Lipinski definition) is 3. The van der Waals surface area contributed by atoms with Gasteiger partial charge in [0, 0.05) is 12.2 Å². The zero-order valence-corrected chi connectivity index (χ0v) is 11.7. The second-order valence-corrected chi connectivity index (χ2v) is 4.96. The van der Waals surface area contributed by atoms with E-state index in [2.05, 4.69) is 24.3 Å². The van der Waals surface area contributed by atoms with Crippen LogP contribution in [0.5, 0.6) is 0 Å². The summed E-state index contributed by atoms with van der Waals surface area (Å²) in [5.41, 5.74) is 7.30. The van der Waals surface area contributed by atoms with Crippen LogP contribution in [0.1, 0.15) is 12.0 Å². The van der Waals surface area contributed by atoms with Gasteiger partial charge in [-0.3, -0.25) is 0 Å². The first kappa shape index (κ1) is 14.2. The smallest absolute Gasteiger partial charge is 0.107 e. The number of rotatable bonds is 6. The second-order valence-electron chi connectivity index (χ2n) is 4.11. The van der Waals surface area contributed by atoms with E-state index in [9.17, 15) is 0 Å². The molecular weight excluding hydrogens is 254 g/mol. The molecule has 0 radical (unpaired) electrons. The van der Waals surface area contributed by atoms with Gasteiger partial charge in [0.05, 0.1) is 10.6 Å². The molecule has 0 aromatic heterocycles. The molecule has 0 aliphatic rings. The first-order valence-electron chi connectivity index (χ1n) is 5.49. The maximum Gasteiger partial charge on any atom is 0.107 e. The average Bonchev–Trinajstić information content (AvgIpc) is 2.23. The number of nitrogens with one attached hydrogen (secondary N) is 1. The Morgan fingerprint density at radius 3 is 2.76 bits per heavy atom. The minimum atomic E-state index is 0.325. The fraction of sp³-hybridized carbons (Fsp3) is 0.417. The van der Waals surface area contributed by atoms with Crippen molar-refractivity contribution < 1.29 is 0 Å². The highest BCUT2D eigenvalue weighted by Gasteiger charge is 2.08. The molecule has 94 valence electrons. The van der Waals surface area contributed by atoms with Gasteiger partial charge in [0.1, 0.15) is 4.99 Å². The molecule has 1 aromatic rings. The summed E-state index contributed by atoms with van der Waals surface area (Å²) in [5, 5.41) is 3.90. The molecular formula is C12H18ClN3S. The summed E-state index contributed by atoms with van der Waals surface area (Å²) in [4.78, 5) is 2.47. The van der Waals surface area contributed by atoms with Gasteiger partial charge in [0.25, 0.3) is 0 Å². The highest BCUT2D eigenvalue weighted by molar-refractivity contribution is 7.80. The van der Waals surface area contributed by atoms with E-state index in [0.29, 0.717) is 10.0 Å². The summed E-state index contributed by atoms with van der Waals surface area (Å²) in [6.45, 7) is 1.91. The molecule has 3 N–H and O–H groups in total. The number of nitrogens with zero attached hydrogens (tertiary/aromatic N) is 1. The molecule has 17 heavy (non-hydrogen) atoms. The molecule has 0 unspecified atom stereocenters. The van der Waals surface area contributed by atoms with Gasteiger partial charge in [-0.2, -0.15) is 0 Å². The summed E-state index contributed by atoms with van der Waals surface area (Å²) < 4.78 is 0. The Hall–Kier alpha value is -0.840. The Bertz CT molecular complexity index is 393. The van der Waals surface area contributed by atoms with Gasteiger partial charge < -0.3 is 16.0 Å². The first-order chi connectivity index (χ1) is 8.02. The van der Waals surface area contributed by atoms with E-state index < -0.39 is 0 Å². The minimum absolute atomic E-state index is 0.325. The van der Waals surface area contributed by atoms with Crippen LogP contribution in [0, 0.1) is 0 Å². The Morgan fingerprint density at radius 2 is 2.18 bits per heavy atom. The van der Waals surface area contributed by atoms with Gasteiger partial charge >= 0.3 is 0 Å². The van der Waals surface area contributed by atoms with Crippen molar-refractivity contribution in [3.8, 4) is 0 Å². The van der Waals surface area contributed by atoms with Gasteiger partial charge in [-0.05, 0) is 39.2 Å². The van der Waals surface area contributed by atoms with Crippen LogP contribution in [-0.2, 0) is 0 Å². The molecule has 0 atom stereocenters. The first-order valence-corrected chi connectivity index (χ1v) is 6.28. The number of nitrogens with two attached hydrogens (primary N) is 1. The lowest BCUT2D eigenvalue weighted by Crippen LogP contribution is -2.18. The number of hydrogen-bond donors (Lipinski definition) is 2. The predicted octanol–water partition coefficient (Wildman–Crippen LogP) is 2.34. The molecule has 1 rings (SSSR count). The molecule has 0 spiro atoms. The molecule has 1 aromatic carbocycles. The molecule has 0 saturated heterocycles. The average molecular weight is 272 g/mol. The topological polar surface area (TPSA) is 41.3 Å². The zero-order valence-electron chi connectivity index (χ0n) is 10.2. The van der Waals surface area contributed by atoms with Crippen LogP contribution < -0.4 is 11.1 Å². The maximum atomic E-state index is 6.07. The van der Waals surface area contributed by atoms with Crippen molar-refractivity contribution in [1.29, 1.82) is 0 Å². The van der Waals surface area contributed by atoms with Crippen LogP contribution in [0.4, 0.5) is 5.69 Å². The van der Waals surface area contributed by atoms with E-state index in [-0.39, 0.29) is 0 Å². The third kappa shape index (κ3) is 4.50. The van der Waals surface area contributed by atoms with E-state index >= 15 is 0 Å². The Labute approximate surface area is 113 Å². The van der Waals surface area contributed by atoms with Crippen molar-refractivity contribution in [2.75, 3.05) is 32.5 Å². The second kappa shape index (κ2) is 6.79. The highest BCUT2D eigenvalue weighted by atomic mass is 35.5. The number of anilines is 1. The fourth-order valence-corrected chi connectivity index (χ4v) is 2.09. The molecule has 0 bridgehead atoms. The summed E-state index contributed by atoms with van der Waals surface area (Å²) in [5.74, 6) is 0. The van der Waals surface area contributed by atoms with E-state index in [1.54, 1.807) is 6.07 Å². The van der Waals surface area contributed by atoms with Crippen molar-refractivity contribution in [1.82, 2.24) is 4.90 Å². The third-order valence-electron chi connectivity index (χ3n) is 2.36. The lowest BCUT2D eigenvalue weighted by molar-refractivity contribution is 0.405. The highest BCUT2D eigenvalue weighted by Crippen LogP contribution is 2.24. The largest absolute Gasteiger partial charge is 0.389 e. The van der Waals surface area contributed by atoms with Crippen molar-refractivity contribution in [3.05, 3.63) is 28.8 Å². The fourth-order valence-electron chi connectivity index (χ4n) is 1.54. The molecule has 0 fully saturated rings. The summed E-state index contributed by atoms with van der Waals surface area (Å²) in [6.07, 6.45) is 1.05. The van der Waals surface area contributed by atoms with Crippen LogP contribution >= 0.6 is 23.8 Å². The maximum absolute atomic E-state index is 6.07. The minimum Gasteiger partial charge on any atom is -0.389 e. The summed E-state index contributed by atoms with van der Waals surface area (Å²) >= 11 is 11.1. The molecule has 0 saturated carbocycles. The number of halogens is 1. The van der Waals surface area contributed by atoms with Gasteiger partial charge in [-0.25, -0.2) is 0 Å². The zero-order chi connectivity index (χ0) is 12.8. The quantitative estimate of drug-likeness (QED) is 0.616. The monoisotopic (exact) mass is 271 g/mol. The standard InChI is InChI=1S/C12H18ClN3S/c1-16(2)8-4-7-15-10-6-3-5-9(13)11(10)12(14)17/h3,5-6,15H,4,7-8H2,1-2H3,(H2,14,17). The lowest BCUT2D eigenvalue weighted by atomic mass is 10.1. The lowest BCUT2D eigenvalue weighted by Gasteiger charge is -2.14. The van der Waals surface area contributed by atoms with Crippen molar-refractivity contribution in [3.63, 3.8) is 0 Å². The molecule has 5 heteroatoms. The summed E-state index contributed by atoms with van der Waals surface area (Å²) in [6, 6.07) is 5.62. The van der Waals surface area contributed by atoms with Gasteiger partial charge in [-0.1, -0.05) is 29.9 Å². The molecule has 0 heterocycles. The number of benzene rings is 1. The Kier molecular flexibility index (Phi) is 5.68. The Balaban J connectivity index is 2.64. The van der Waals surface area contributed by atoms with E-state index in [1.807, 2.05) is 12.1 Å². The van der Waals surface area contributed by atoms with Crippen LogP contribution in [0.3, 0.4) is 0 Å². The van der Waals surface area contributed by atoms with Crippen LogP contribution in [-0.4, -0.2) is 37.1 Å². The summed E-state index contributed by atoms with van der Waals surface area (Å²) in [7, 11) is 4.11. The van der Waals surface area contributed by atoms with Crippen molar-refractivity contribution in [2.24, 2.45) is 5.73 Å². The van der Waals surface area contributed by atoms with E-state index in [0.717, 1.165) is 30.8 Å². The van der Waals surface area contributed by atoms with Crippen molar-refractivity contribution >= 4 is 34.5 Å². The molecule has 0 aliphatic carbocycles. The van der Waals surface area contributed by atoms with E-state index in [4.69, 9.17) is 29.6 Å². The molecule has 0 aliphatic heterocycles. The van der Waals surface area contributed by atoms with Crippen molar-refractivity contribution in [2.45, 2.75) is 6.42 Å². The molecule has 0 amide bonds. The van der Waals surface area contributed by atoms with Crippen LogP contribution in [0.15, 0.2) is 18.2 Å². The van der Waals surface area contributed by atoms with E-state index in [1.165, 1.54) is 0 Å². The third-order valence-corrected chi connectivity index (χ3v) is 2.88. The van der Waals surface area contributed by atoms with Gasteiger partial charge in [0.15, 0.2) is 0 Å². The van der Waals surface area contributed by atoms with Crippen LogP contribution in [0.25, 0.3) is 0 Å². The van der Waals surface area contributed by atoms with Gasteiger partial charge in [-0.15, -0.1) is 0 Å². The normalized spacial score (nSPS) is 10.6. The SMILES string of the molecule is CN(C)CCCNc1cccc(Cl)c1C(N)=S. The Morgan fingerprint density at radius 1 is 1.47 bits per heavy atom. The molecule has 3 nitrogen and oxygen atoms in total. The van der Waals surface area contributed by atoms with Gasteiger partial charge in [0.2, 0.25) is 0 Å². The van der Waals surface area contributed by atoms with Crippen LogP contribution in [0.2, 0.25) is 5.02 Å². The number of thiocarbonyl (C=S) groups is 1. The predicted molar refractivity (Wildman–Crippen MR) is 79.0 cm³/mol.